The number of carbonyl (C=O) groups excluding carboxylic acids is 1. The van der Waals surface area contributed by atoms with Crippen LogP contribution in [0.2, 0.25) is 0 Å². The number of nitrogens with one attached hydrogen (secondary N) is 1. The molecule has 0 saturated carbocycles. The molecular weight excluding hydrogens is 256 g/mol. The fraction of sp³-hybridized carbons (Fsp3) is 0.286. The second-order valence-corrected chi connectivity index (χ2v) is 4.78. The lowest BCUT2D eigenvalue weighted by Gasteiger charge is -2.21. The van der Waals surface area contributed by atoms with Crippen LogP contribution in [0, 0.1) is 0 Å². The Balaban J connectivity index is 2.19. The third-order valence-corrected chi connectivity index (χ3v) is 3.72. The Morgan fingerprint density at radius 2 is 2.25 bits per heavy atom. The number of hydrogen-bond donors (Lipinski definition) is 2. The number of methoxy groups -OCH3 is 1. The Morgan fingerprint density at radius 1 is 1.50 bits per heavy atom. The van der Waals surface area contributed by atoms with Gasteiger partial charge in [-0.1, -0.05) is 18.2 Å². The molecule has 2 aromatic rings. The van der Waals surface area contributed by atoms with E-state index >= 15 is 0 Å². The zero-order chi connectivity index (χ0) is 14.3. The zero-order valence-electron chi connectivity index (χ0n) is 11.4. The summed E-state index contributed by atoms with van der Waals surface area (Å²) in [5.74, 6) is 0.103. The predicted molar refractivity (Wildman–Crippen MR) is 76.6 cm³/mol. The van der Waals surface area contributed by atoms with Gasteiger partial charge in [0.1, 0.15) is 5.69 Å². The SMILES string of the molecule is COC(=O)c1[nH]c2ccccc2c1C1CN=C(N)N1C. The van der Waals surface area contributed by atoms with Crippen molar-refractivity contribution in [1.82, 2.24) is 9.88 Å². The number of guanidine groups is 1. The monoisotopic (exact) mass is 272 g/mol. The van der Waals surface area contributed by atoms with Crippen molar-refractivity contribution in [2.75, 3.05) is 20.7 Å². The van der Waals surface area contributed by atoms with Crippen LogP contribution in [0.3, 0.4) is 0 Å². The second-order valence-electron chi connectivity index (χ2n) is 4.78. The number of esters is 1. The van der Waals surface area contributed by atoms with Gasteiger partial charge in [-0.15, -0.1) is 0 Å². The van der Waals surface area contributed by atoms with E-state index in [-0.39, 0.29) is 12.0 Å². The van der Waals surface area contributed by atoms with Gasteiger partial charge in [0.15, 0.2) is 5.96 Å². The molecule has 1 aliphatic heterocycles. The highest BCUT2D eigenvalue weighted by atomic mass is 16.5. The number of aliphatic imine (C=N–C) groups is 1. The smallest absolute Gasteiger partial charge is 0.354 e. The van der Waals surface area contributed by atoms with Crippen LogP contribution in [-0.2, 0) is 4.74 Å². The van der Waals surface area contributed by atoms with Crippen molar-refractivity contribution in [3.63, 3.8) is 0 Å². The van der Waals surface area contributed by atoms with Gasteiger partial charge >= 0.3 is 5.97 Å². The minimum atomic E-state index is -0.380. The Kier molecular flexibility index (Phi) is 2.85. The lowest BCUT2D eigenvalue weighted by atomic mass is 10.0. The minimum absolute atomic E-state index is 0.0553. The average Bonchev–Trinajstić information content (AvgIpc) is 3.00. The van der Waals surface area contributed by atoms with Crippen molar-refractivity contribution < 1.29 is 9.53 Å². The van der Waals surface area contributed by atoms with Crippen LogP contribution in [-0.4, -0.2) is 42.5 Å². The summed E-state index contributed by atoms with van der Waals surface area (Å²) in [5.41, 5.74) is 8.09. The highest BCUT2D eigenvalue weighted by Crippen LogP contribution is 2.33. The number of aromatic amines is 1. The number of likely N-dealkylation sites (N-methyl/N-ethyl adjacent to an activating group) is 1. The summed E-state index contributed by atoms with van der Waals surface area (Å²) in [5, 5.41) is 0.995. The summed E-state index contributed by atoms with van der Waals surface area (Å²) in [6, 6.07) is 7.73. The average molecular weight is 272 g/mol. The molecule has 3 rings (SSSR count). The fourth-order valence-corrected chi connectivity index (χ4v) is 2.63. The van der Waals surface area contributed by atoms with Gasteiger partial charge < -0.3 is 20.4 Å². The van der Waals surface area contributed by atoms with E-state index in [1.165, 1.54) is 7.11 Å². The van der Waals surface area contributed by atoms with Gasteiger partial charge in [0.25, 0.3) is 0 Å². The third kappa shape index (κ3) is 1.72. The molecule has 0 radical (unpaired) electrons. The van der Waals surface area contributed by atoms with Gasteiger partial charge in [-0.2, -0.15) is 0 Å². The number of carbonyl (C=O) groups is 1. The maximum Gasteiger partial charge on any atom is 0.354 e. The molecule has 1 aromatic carbocycles. The van der Waals surface area contributed by atoms with Crippen molar-refractivity contribution in [2.45, 2.75) is 6.04 Å². The Labute approximate surface area is 116 Å². The minimum Gasteiger partial charge on any atom is -0.464 e. The number of ether oxygens (including phenoxy) is 1. The van der Waals surface area contributed by atoms with Gasteiger partial charge in [0, 0.05) is 23.5 Å². The van der Waals surface area contributed by atoms with E-state index in [0.717, 1.165) is 16.5 Å². The molecule has 1 atom stereocenters. The van der Waals surface area contributed by atoms with Crippen molar-refractivity contribution in [2.24, 2.45) is 10.7 Å². The number of nitrogens with two attached hydrogens (primary N) is 1. The molecule has 0 amide bonds. The summed E-state index contributed by atoms with van der Waals surface area (Å²) in [6.45, 7) is 0.536. The molecule has 0 bridgehead atoms. The first-order valence-electron chi connectivity index (χ1n) is 6.35. The normalized spacial score (nSPS) is 18.4. The van der Waals surface area contributed by atoms with Crippen molar-refractivity contribution in [1.29, 1.82) is 0 Å². The van der Waals surface area contributed by atoms with Gasteiger partial charge in [-0.3, -0.25) is 4.99 Å². The molecule has 104 valence electrons. The van der Waals surface area contributed by atoms with Crippen LogP contribution in [0.5, 0.6) is 0 Å². The van der Waals surface area contributed by atoms with Crippen LogP contribution < -0.4 is 5.73 Å². The number of hydrogen-bond acceptors (Lipinski definition) is 5. The molecule has 0 aliphatic carbocycles. The quantitative estimate of drug-likeness (QED) is 0.806. The molecule has 20 heavy (non-hydrogen) atoms. The molecule has 2 heterocycles. The van der Waals surface area contributed by atoms with Gasteiger partial charge in [0.2, 0.25) is 0 Å². The van der Waals surface area contributed by atoms with Crippen molar-refractivity contribution in [3.05, 3.63) is 35.5 Å². The highest BCUT2D eigenvalue weighted by Gasteiger charge is 2.31. The van der Waals surface area contributed by atoms with E-state index in [1.54, 1.807) is 0 Å². The Bertz CT molecular complexity index is 704. The number of H-pyrrole nitrogens is 1. The van der Waals surface area contributed by atoms with E-state index in [2.05, 4.69) is 9.98 Å². The molecule has 6 nitrogen and oxygen atoms in total. The summed E-state index contributed by atoms with van der Waals surface area (Å²) in [6.07, 6.45) is 0. The van der Waals surface area contributed by atoms with E-state index < -0.39 is 0 Å². The van der Waals surface area contributed by atoms with E-state index in [4.69, 9.17) is 10.5 Å². The van der Waals surface area contributed by atoms with Crippen LogP contribution in [0.25, 0.3) is 10.9 Å². The molecule has 6 heteroatoms. The van der Waals surface area contributed by atoms with Gasteiger partial charge in [0.05, 0.1) is 19.7 Å². The molecule has 1 aromatic heterocycles. The van der Waals surface area contributed by atoms with Gasteiger partial charge in [-0.05, 0) is 6.07 Å². The zero-order valence-corrected chi connectivity index (χ0v) is 11.4. The summed E-state index contributed by atoms with van der Waals surface area (Å²) in [7, 11) is 3.25. The fourth-order valence-electron chi connectivity index (χ4n) is 2.63. The number of rotatable bonds is 2. The number of nitrogens with zero attached hydrogens (tertiary/aromatic N) is 2. The second kappa shape index (κ2) is 4.56. The number of benzene rings is 1. The van der Waals surface area contributed by atoms with E-state index in [1.807, 2.05) is 36.2 Å². The number of aromatic nitrogens is 1. The number of para-hydroxylation sites is 1. The topological polar surface area (TPSA) is 83.7 Å². The van der Waals surface area contributed by atoms with E-state index in [9.17, 15) is 4.79 Å². The first kappa shape index (κ1) is 12.5. The standard InChI is InChI=1S/C14H16N4O2/c1-18-10(7-16-14(18)15)11-8-5-3-4-6-9(8)17-12(11)13(19)20-2/h3-6,10,17H,7H2,1-2H3,(H2,15,16). The predicted octanol–water partition coefficient (Wildman–Crippen LogP) is 1.26. The van der Waals surface area contributed by atoms with E-state index in [0.29, 0.717) is 18.2 Å². The highest BCUT2D eigenvalue weighted by molar-refractivity contribution is 5.99. The molecular formula is C14H16N4O2. The molecule has 0 fully saturated rings. The van der Waals surface area contributed by atoms with Gasteiger partial charge in [-0.25, -0.2) is 4.79 Å². The maximum atomic E-state index is 12.0. The summed E-state index contributed by atoms with van der Waals surface area (Å²) < 4.78 is 4.87. The van der Waals surface area contributed by atoms with Crippen LogP contribution in [0.15, 0.2) is 29.3 Å². The molecule has 3 N–H and O–H groups in total. The maximum absolute atomic E-state index is 12.0. The van der Waals surface area contributed by atoms with Crippen molar-refractivity contribution >= 4 is 22.8 Å². The van der Waals surface area contributed by atoms with Crippen LogP contribution in [0.1, 0.15) is 22.1 Å². The summed E-state index contributed by atoms with van der Waals surface area (Å²) in [4.78, 5) is 21.3. The molecule has 1 unspecified atom stereocenters. The number of fused-ring (bicyclic) bond motifs is 1. The lowest BCUT2D eigenvalue weighted by Crippen LogP contribution is -2.32. The Hall–Kier alpha value is -2.50. The van der Waals surface area contributed by atoms with Crippen molar-refractivity contribution in [3.8, 4) is 0 Å². The van der Waals surface area contributed by atoms with Crippen LogP contribution >= 0.6 is 0 Å². The third-order valence-electron chi connectivity index (χ3n) is 3.72. The van der Waals surface area contributed by atoms with Crippen LogP contribution in [0.4, 0.5) is 0 Å². The first-order chi connectivity index (χ1) is 9.63. The summed E-state index contributed by atoms with van der Waals surface area (Å²) >= 11 is 0. The lowest BCUT2D eigenvalue weighted by molar-refractivity contribution is 0.0592. The first-order valence-corrected chi connectivity index (χ1v) is 6.35. The molecule has 0 saturated heterocycles. The Morgan fingerprint density at radius 3 is 2.90 bits per heavy atom. The molecule has 1 aliphatic rings. The largest absolute Gasteiger partial charge is 0.464 e. The molecule has 0 spiro atoms.